The Balaban J connectivity index is 2.32. The van der Waals surface area contributed by atoms with E-state index in [0.717, 1.165) is 19.3 Å². The fraction of sp³-hybridized carbons (Fsp3) is 1.00. The van der Waals surface area contributed by atoms with Gasteiger partial charge in [-0.2, -0.15) is 0 Å². The Labute approximate surface area is 78.5 Å². The molecule has 72 valence electrons. The molecule has 3 nitrogen and oxygen atoms in total. The molecule has 1 fully saturated rings. The number of sulfonamides is 1. The molecular weight excluding hydrogens is 198 g/mol. The first kappa shape index (κ1) is 10.3. The maximum absolute atomic E-state index is 10.8. The molecule has 1 N–H and O–H groups in total. The van der Waals surface area contributed by atoms with Gasteiger partial charge < -0.3 is 0 Å². The summed E-state index contributed by atoms with van der Waals surface area (Å²) in [6.07, 6.45) is 4.30. The fourth-order valence-electron chi connectivity index (χ4n) is 1.18. The number of rotatable bonds is 5. The number of alkyl halides is 1. The third-order valence-electron chi connectivity index (χ3n) is 2.29. The van der Waals surface area contributed by atoms with Gasteiger partial charge in [0.1, 0.15) is 0 Å². The van der Waals surface area contributed by atoms with Gasteiger partial charge in [-0.25, -0.2) is 13.1 Å². The standard InChI is InChI=1S/C7H14ClNO2S/c1-12(10,11)9-6-7(2-3-7)4-5-8/h9H,2-6H2,1H3. The zero-order valence-electron chi connectivity index (χ0n) is 7.14. The van der Waals surface area contributed by atoms with Crippen LogP contribution in [0.2, 0.25) is 0 Å². The predicted molar refractivity (Wildman–Crippen MR) is 49.9 cm³/mol. The average molecular weight is 212 g/mol. The lowest BCUT2D eigenvalue weighted by Crippen LogP contribution is -2.29. The predicted octanol–water partition coefficient (Wildman–Crippen LogP) is 0.945. The maximum Gasteiger partial charge on any atom is 0.208 e. The third kappa shape index (κ3) is 3.29. The van der Waals surface area contributed by atoms with Crippen LogP contribution in [-0.2, 0) is 10.0 Å². The van der Waals surface area contributed by atoms with E-state index in [-0.39, 0.29) is 5.41 Å². The van der Waals surface area contributed by atoms with Crippen molar-refractivity contribution < 1.29 is 8.42 Å². The van der Waals surface area contributed by atoms with Gasteiger partial charge in [0, 0.05) is 12.4 Å². The molecule has 1 aliphatic carbocycles. The van der Waals surface area contributed by atoms with E-state index in [1.807, 2.05) is 0 Å². The number of halogens is 1. The first-order chi connectivity index (χ1) is 5.47. The lowest BCUT2D eigenvalue weighted by atomic mass is 10.1. The van der Waals surface area contributed by atoms with E-state index in [2.05, 4.69) is 4.72 Å². The Morgan fingerprint density at radius 2 is 2.08 bits per heavy atom. The molecule has 0 atom stereocenters. The molecule has 0 aromatic carbocycles. The van der Waals surface area contributed by atoms with Crippen molar-refractivity contribution in [3.05, 3.63) is 0 Å². The normalized spacial score (nSPS) is 20.8. The molecule has 0 bridgehead atoms. The van der Waals surface area contributed by atoms with Crippen LogP contribution in [0, 0.1) is 5.41 Å². The summed E-state index contributed by atoms with van der Waals surface area (Å²) >= 11 is 5.60. The van der Waals surface area contributed by atoms with Crippen molar-refractivity contribution in [2.24, 2.45) is 5.41 Å². The van der Waals surface area contributed by atoms with Gasteiger partial charge in [-0.3, -0.25) is 0 Å². The Kier molecular flexibility index (Phi) is 3.01. The minimum Gasteiger partial charge on any atom is -0.215 e. The molecule has 0 spiro atoms. The number of hydrogen-bond acceptors (Lipinski definition) is 2. The minimum absolute atomic E-state index is 0.185. The molecule has 12 heavy (non-hydrogen) atoms. The molecule has 0 heterocycles. The summed E-state index contributed by atoms with van der Waals surface area (Å²) in [7, 11) is -3.03. The molecule has 1 aliphatic rings. The smallest absolute Gasteiger partial charge is 0.208 e. The van der Waals surface area contributed by atoms with E-state index >= 15 is 0 Å². The molecule has 0 amide bonds. The van der Waals surface area contributed by atoms with Gasteiger partial charge in [0.25, 0.3) is 0 Å². The van der Waals surface area contributed by atoms with Crippen molar-refractivity contribution in [3.63, 3.8) is 0 Å². The molecule has 1 saturated carbocycles. The van der Waals surface area contributed by atoms with Crippen LogP contribution < -0.4 is 4.72 Å². The molecule has 0 aromatic heterocycles. The number of hydrogen-bond donors (Lipinski definition) is 1. The Bertz CT molecular complexity index is 246. The Morgan fingerprint density at radius 3 is 2.42 bits per heavy atom. The van der Waals surface area contributed by atoms with Crippen molar-refractivity contribution >= 4 is 21.6 Å². The molecule has 0 aromatic rings. The van der Waals surface area contributed by atoms with E-state index in [9.17, 15) is 8.42 Å². The van der Waals surface area contributed by atoms with E-state index in [4.69, 9.17) is 11.6 Å². The second kappa shape index (κ2) is 3.52. The van der Waals surface area contributed by atoms with Crippen LogP contribution in [0.4, 0.5) is 0 Å². The average Bonchev–Trinajstić information content (AvgIpc) is 2.65. The largest absolute Gasteiger partial charge is 0.215 e. The first-order valence-corrected chi connectivity index (χ1v) is 6.41. The zero-order valence-corrected chi connectivity index (χ0v) is 8.71. The summed E-state index contributed by atoms with van der Waals surface area (Å²) < 4.78 is 24.1. The highest BCUT2D eigenvalue weighted by molar-refractivity contribution is 7.88. The maximum atomic E-state index is 10.8. The van der Waals surface area contributed by atoms with Crippen LogP contribution in [0.1, 0.15) is 19.3 Å². The summed E-state index contributed by atoms with van der Waals surface area (Å²) in [6.45, 7) is 0.554. The molecule has 0 unspecified atom stereocenters. The minimum atomic E-state index is -3.03. The van der Waals surface area contributed by atoms with E-state index < -0.39 is 10.0 Å². The van der Waals surface area contributed by atoms with E-state index in [1.165, 1.54) is 6.26 Å². The summed E-state index contributed by atoms with van der Waals surface area (Å²) in [5.74, 6) is 0.617. The molecular formula is C7H14ClNO2S. The second-order valence-corrected chi connectivity index (χ2v) is 5.74. The van der Waals surface area contributed by atoms with Crippen molar-refractivity contribution in [1.29, 1.82) is 0 Å². The summed E-state index contributed by atoms with van der Waals surface area (Å²) in [5, 5.41) is 0. The third-order valence-corrected chi connectivity index (χ3v) is 3.15. The second-order valence-electron chi connectivity index (χ2n) is 3.53. The molecule has 5 heteroatoms. The van der Waals surface area contributed by atoms with Crippen LogP contribution in [0.5, 0.6) is 0 Å². The first-order valence-electron chi connectivity index (χ1n) is 3.98. The Hall–Kier alpha value is 0.200. The van der Waals surface area contributed by atoms with Crippen LogP contribution in [-0.4, -0.2) is 27.1 Å². The molecule has 0 radical (unpaired) electrons. The van der Waals surface area contributed by atoms with Crippen LogP contribution >= 0.6 is 11.6 Å². The highest BCUT2D eigenvalue weighted by atomic mass is 35.5. The summed E-state index contributed by atoms with van der Waals surface area (Å²) in [5.41, 5.74) is 0.185. The van der Waals surface area contributed by atoms with Gasteiger partial charge in [0.2, 0.25) is 10.0 Å². The van der Waals surface area contributed by atoms with Gasteiger partial charge in [-0.05, 0) is 24.7 Å². The lowest BCUT2D eigenvalue weighted by Gasteiger charge is -2.12. The van der Waals surface area contributed by atoms with E-state index in [0.29, 0.717) is 12.4 Å². The molecule has 1 rings (SSSR count). The van der Waals surface area contributed by atoms with Gasteiger partial charge >= 0.3 is 0 Å². The summed E-state index contributed by atoms with van der Waals surface area (Å²) in [6, 6.07) is 0. The zero-order chi connectivity index (χ0) is 9.24. The highest BCUT2D eigenvalue weighted by Gasteiger charge is 2.41. The van der Waals surface area contributed by atoms with Crippen LogP contribution in [0.15, 0.2) is 0 Å². The lowest BCUT2D eigenvalue weighted by molar-refractivity contribution is 0.479. The summed E-state index contributed by atoms with van der Waals surface area (Å²) in [4.78, 5) is 0. The van der Waals surface area contributed by atoms with Crippen molar-refractivity contribution in [1.82, 2.24) is 4.72 Å². The topological polar surface area (TPSA) is 46.2 Å². The SMILES string of the molecule is CS(=O)(=O)NCC1(CCCl)CC1. The fourth-order valence-corrected chi connectivity index (χ4v) is 2.15. The van der Waals surface area contributed by atoms with E-state index in [1.54, 1.807) is 0 Å². The van der Waals surface area contributed by atoms with Gasteiger partial charge in [-0.15, -0.1) is 11.6 Å². The van der Waals surface area contributed by atoms with Crippen molar-refractivity contribution in [2.75, 3.05) is 18.7 Å². The van der Waals surface area contributed by atoms with Crippen molar-refractivity contribution in [3.8, 4) is 0 Å². The van der Waals surface area contributed by atoms with Crippen LogP contribution in [0.3, 0.4) is 0 Å². The monoisotopic (exact) mass is 211 g/mol. The van der Waals surface area contributed by atoms with Gasteiger partial charge in [0.05, 0.1) is 6.26 Å². The molecule has 0 aliphatic heterocycles. The van der Waals surface area contributed by atoms with Crippen LogP contribution in [0.25, 0.3) is 0 Å². The quantitative estimate of drug-likeness (QED) is 0.689. The van der Waals surface area contributed by atoms with Gasteiger partial charge in [-0.1, -0.05) is 0 Å². The molecule has 0 saturated heterocycles. The van der Waals surface area contributed by atoms with Gasteiger partial charge in [0.15, 0.2) is 0 Å². The number of nitrogens with one attached hydrogen (secondary N) is 1. The Morgan fingerprint density at radius 1 is 1.50 bits per heavy atom. The van der Waals surface area contributed by atoms with Crippen molar-refractivity contribution in [2.45, 2.75) is 19.3 Å². The highest BCUT2D eigenvalue weighted by Crippen LogP contribution is 2.48.